The first-order chi connectivity index (χ1) is 8.68. The number of anilines is 1. The molecule has 0 aliphatic carbocycles. The Morgan fingerprint density at radius 3 is 2.94 bits per heavy atom. The van der Waals surface area contributed by atoms with Crippen LogP contribution in [0.4, 0.5) is 5.69 Å². The van der Waals surface area contributed by atoms with E-state index in [1.165, 1.54) is 0 Å². The summed E-state index contributed by atoms with van der Waals surface area (Å²) >= 11 is 0. The number of nitrogens with two attached hydrogens (primary N) is 1. The van der Waals surface area contributed by atoms with Crippen LogP contribution in [-0.4, -0.2) is 24.4 Å². The van der Waals surface area contributed by atoms with Crippen molar-refractivity contribution in [1.82, 2.24) is 5.32 Å². The van der Waals surface area contributed by atoms with E-state index in [1.54, 1.807) is 0 Å². The first-order valence-corrected chi connectivity index (χ1v) is 6.14. The van der Waals surface area contributed by atoms with E-state index in [9.17, 15) is 9.59 Å². The molecule has 1 fully saturated rings. The maximum absolute atomic E-state index is 12.1. The van der Waals surface area contributed by atoms with E-state index in [4.69, 9.17) is 5.73 Å². The summed E-state index contributed by atoms with van der Waals surface area (Å²) in [5, 5.41) is 2.75. The first kappa shape index (κ1) is 11.1. The third-order valence-corrected chi connectivity index (χ3v) is 3.68. The molecular weight excluding hydrogens is 230 g/mol. The van der Waals surface area contributed by atoms with Crippen molar-refractivity contribution in [3.05, 3.63) is 29.8 Å². The molecule has 5 heteroatoms. The Hall–Kier alpha value is -2.04. The summed E-state index contributed by atoms with van der Waals surface area (Å²) in [6.45, 7) is 0.848. The Morgan fingerprint density at radius 2 is 2.17 bits per heavy atom. The van der Waals surface area contributed by atoms with Gasteiger partial charge in [0.15, 0.2) is 0 Å². The number of nitrogens with one attached hydrogen (secondary N) is 1. The summed E-state index contributed by atoms with van der Waals surface area (Å²) in [4.78, 5) is 25.7. The molecule has 0 spiro atoms. The highest BCUT2D eigenvalue weighted by Gasteiger charge is 2.38. The zero-order valence-corrected chi connectivity index (χ0v) is 9.93. The van der Waals surface area contributed by atoms with E-state index in [0.29, 0.717) is 0 Å². The number of nitrogens with zero attached hydrogens (tertiary/aromatic N) is 1. The second-order valence-corrected chi connectivity index (χ2v) is 4.75. The van der Waals surface area contributed by atoms with Crippen LogP contribution in [0.25, 0.3) is 0 Å². The molecule has 0 radical (unpaired) electrons. The van der Waals surface area contributed by atoms with E-state index in [0.717, 1.165) is 30.6 Å². The molecule has 2 heterocycles. The number of rotatable bonds is 1. The van der Waals surface area contributed by atoms with Crippen LogP contribution in [0.5, 0.6) is 0 Å². The Labute approximate surface area is 105 Å². The zero-order valence-electron chi connectivity index (χ0n) is 9.93. The van der Waals surface area contributed by atoms with Gasteiger partial charge in [-0.3, -0.25) is 9.59 Å². The molecule has 94 valence electrons. The predicted octanol–water partition coefficient (Wildman–Crippen LogP) is 0.312. The number of carbonyl (C=O) groups is 2. The lowest BCUT2D eigenvalue weighted by Crippen LogP contribution is -2.43. The summed E-state index contributed by atoms with van der Waals surface area (Å²) in [6.07, 6.45) is 1.82. The van der Waals surface area contributed by atoms with E-state index in [2.05, 4.69) is 10.2 Å². The average Bonchev–Trinajstić information content (AvgIpc) is 2.80. The highest BCUT2D eigenvalue weighted by Crippen LogP contribution is 2.34. The monoisotopic (exact) mass is 245 g/mol. The number of amides is 2. The Balaban J connectivity index is 2.14. The number of fused-ring (bicyclic) bond motifs is 3. The van der Waals surface area contributed by atoms with Crippen LogP contribution in [0.1, 0.15) is 24.4 Å². The van der Waals surface area contributed by atoms with Gasteiger partial charge in [-0.1, -0.05) is 18.2 Å². The predicted molar refractivity (Wildman–Crippen MR) is 66.9 cm³/mol. The van der Waals surface area contributed by atoms with Crippen LogP contribution >= 0.6 is 0 Å². The molecule has 0 saturated carbocycles. The lowest BCUT2D eigenvalue weighted by Gasteiger charge is -2.24. The summed E-state index contributed by atoms with van der Waals surface area (Å²) in [7, 11) is 0. The van der Waals surface area contributed by atoms with E-state index < -0.39 is 11.9 Å². The van der Waals surface area contributed by atoms with Crippen LogP contribution in [0.3, 0.4) is 0 Å². The van der Waals surface area contributed by atoms with Crippen molar-refractivity contribution in [1.29, 1.82) is 0 Å². The number of hydrogen-bond acceptors (Lipinski definition) is 3. The Morgan fingerprint density at radius 1 is 1.39 bits per heavy atom. The van der Waals surface area contributed by atoms with Crippen LogP contribution in [0, 0.1) is 0 Å². The normalized spacial score (nSPS) is 26.0. The molecular formula is C13H15N3O2. The van der Waals surface area contributed by atoms with Gasteiger partial charge < -0.3 is 16.0 Å². The third kappa shape index (κ3) is 1.54. The smallest absolute Gasteiger partial charge is 0.244 e. The number of carbonyl (C=O) groups excluding carboxylic acids is 2. The van der Waals surface area contributed by atoms with Crippen molar-refractivity contribution >= 4 is 17.5 Å². The maximum atomic E-state index is 12.1. The van der Waals surface area contributed by atoms with Crippen molar-refractivity contribution in [2.75, 3.05) is 11.4 Å². The fourth-order valence-corrected chi connectivity index (χ4v) is 2.86. The van der Waals surface area contributed by atoms with Gasteiger partial charge in [-0.25, -0.2) is 0 Å². The van der Waals surface area contributed by atoms with Crippen molar-refractivity contribution in [2.24, 2.45) is 5.73 Å². The standard InChI is InChI=1S/C13H15N3O2/c14-12(17)11-8-4-1-2-5-9(8)16-7-3-6-10(16)13(18)15-11/h1-2,4-5,10-11H,3,6-7H2,(H2,14,17)(H,15,18)/t10-,11?/m0/s1. The van der Waals surface area contributed by atoms with Gasteiger partial charge in [0.05, 0.1) is 0 Å². The lowest BCUT2D eigenvalue weighted by atomic mass is 10.0. The van der Waals surface area contributed by atoms with Crippen LogP contribution in [0.15, 0.2) is 24.3 Å². The molecule has 2 aliphatic heterocycles. The van der Waals surface area contributed by atoms with Crippen LogP contribution in [-0.2, 0) is 9.59 Å². The maximum Gasteiger partial charge on any atom is 0.244 e. The molecule has 1 unspecified atom stereocenters. The second-order valence-electron chi connectivity index (χ2n) is 4.75. The van der Waals surface area contributed by atoms with Gasteiger partial charge in [0, 0.05) is 17.8 Å². The van der Waals surface area contributed by atoms with Gasteiger partial charge in [-0.15, -0.1) is 0 Å². The molecule has 1 aromatic carbocycles. The zero-order chi connectivity index (χ0) is 12.7. The first-order valence-electron chi connectivity index (χ1n) is 6.14. The average molecular weight is 245 g/mol. The minimum Gasteiger partial charge on any atom is -0.368 e. The van der Waals surface area contributed by atoms with Crippen LogP contribution in [0.2, 0.25) is 0 Å². The topological polar surface area (TPSA) is 75.4 Å². The van der Waals surface area contributed by atoms with Gasteiger partial charge in [-0.2, -0.15) is 0 Å². The number of hydrogen-bond donors (Lipinski definition) is 2. The van der Waals surface area contributed by atoms with E-state index in [1.807, 2.05) is 24.3 Å². The highest BCUT2D eigenvalue weighted by atomic mass is 16.2. The van der Waals surface area contributed by atoms with Crippen LogP contribution < -0.4 is 16.0 Å². The van der Waals surface area contributed by atoms with E-state index in [-0.39, 0.29) is 11.9 Å². The molecule has 1 saturated heterocycles. The lowest BCUT2D eigenvalue weighted by molar-refractivity contribution is -0.127. The number of benzene rings is 1. The summed E-state index contributed by atoms with van der Waals surface area (Å²) < 4.78 is 0. The molecule has 0 bridgehead atoms. The fraction of sp³-hybridized carbons (Fsp3) is 0.385. The van der Waals surface area contributed by atoms with Crippen molar-refractivity contribution in [3.63, 3.8) is 0 Å². The molecule has 3 rings (SSSR count). The van der Waals surface area contributed by atoms with E-state index >= 15 is 0 Å². The molecule has 2 atom stereocenters. The fourth-order valence-electron chi connectivity index (χ4n) is 2.86. The molecule has 18 heavy (non-hydrogen) atoms. The molecule has 0 aromatic heterocycles. The Bertz CT molecular complexity index is 515. The largest absolute Gasteiger partial charge is 0.368 e. The van der Waals surface area contributed by atoms with Crippen molar-refractivity contribution in [2.45, 2.75) is 24.9 Å². The molecule has 2 aliphatic rings. The summed E-state index contributed by atoms with van der Waals surface area (Å²) in [6, 6.07) is 6.68. The van der Waals surface area contributed by atoms with Gasteiger partial charge in [0.25, 0.3) is 0 Å². The molecule has 2 amide bonds. The van der Waals surface area contributed by atoms with Crippen molar-refractivity contribution < 1.29 is 9.59 Å². The van der Waals surface area contributed by atoms with Gasteiger partial charge >= 0.3 is 0 Å². The third-order valence-electron chi connectivity index (χ3n) is 3.68. The van der Waals surface area contributed by atoms with Gasteiger partial charge in [0.2, 0.25) is 11.8 Å². The van der Waals surface area contributed by atoms with Gasteiger partial charge in [0.1, 0.15) is 12.1 Å². The Kier molecular flexibility index (Phi) is 2.47. The summed E-state index contributed by atoms with van der Waals surface area (Å²) in [5.41, 5.74) is 7.13. The quantitative estimate of drug-likeness (QED) is 0.747. The minimum atomic E-state index is -0.723. The highest BCUT2D eigenvalue weighted by molar-refractivity contribution is 5.95. The SMILES string of the molecule is NC(=O)C1NC(=O)[C@@H]2CCCN2c2ccccc21. The number of para-hydroxylation sites is 1. The van der Waals surface area contributed by atoms with Crippen molar-refractivity contribution in [3.8, 4) is 0 Å². The number of primary amides is 1. The molecule has 3 N–H and O–H groups in total. The van der Waals surface area contributed by atoms with Gasteiger partial charge in [-0.05, 0) is 18.9 Å². The molecule has 1 aromatic rings. The second kappa shape index (κ2) is 4.01. The minimum absolute atomic E-state index is 0.104. The molecule has 5 nitrogen and oxygen atoms in total. The summed E-state index contributed by atoms with van der Waals surface area (Å²) in [5.74, 6) is -0.621.